The summed E-state index contributed by atoms with van der Waals surface area (Å²) in [7, 11) is 2.13. The lowest BCUT2D eigenvalue weighted by Crippen LogP contribution is -2.29. The standard InChI is InChI=1S/C13H23ClN2OS/c1-3-17-10-4-7-15-8-9-16(2)11-12-5-6-13(14)18-12/h5-6,15H,3-4,7-11H2,1-2H3. The minimum absolute atomic E-state index is 0.812. The number of hydrogen-bond acceptors (Lipinski definition) is 4. The van der Waals surface area contributed by atoms with Gasteiger partial charge in [-0.3, -0.25) is 0 Å². The molecule has 18 heavy (non-hydrogen) atoms. The third kappa shape index (κ3) is 7.34. The first-order valence-corrected chi connectivity index (χ1v) is 7.63. The second-order valence-electron chi connectivity index (χ2n) is 4.24. The maximum absolute atomic E-state index is 5.91. The Hall–Kier alpha value is -0.130. The highest BCUT2D eigenvalue weighted by Crippen LogP contribution is 2.22. The van der Waals surface area contributed by atoms with Crippen LogP contribution in [0.4, 0.5) is 0 Å². The van der Waals surface area contributed by atoms with Crippen LogP contribution >= 0.6 is 22.9 Å². The molecule has 1 rings (SSSR count). The van der Waals surface area contributed by atoms with Gasteiger partial charge in [0, 0.05) is 37.7 Å². The molecule has 0 unspecified atom stereocenters. The Morgan fingerprint density at radius 2 is 2.22 bits per heavy atom. The van der Waals surface area contributed by atoms with Crippen LogP contribution in [0.15, 0.2) is 12.1 Å². The zero-order chi connectivity index (χ0) is 13.2. The molecule has 1 aromatic heterocycles. The van der Waals surface area contributed by atoms with Crippen molar-refractivity contribution in [3.05, 3.63) is 21.3 Å². The van der Waals surface area contributed by atoms with Crippen molar-refractivity contribution in [2.24, 2.45) is 0 Å². The van der Waals surface area contributed by atoms with Gasteiger partial charge in [-0.25, -0.2) is 0 Å². The average Bonchev–Trinajstić information content (AvgIpc) is 2.73. The molecule has 0 saturated heterocycles. The fraction of sp³-hybridized carbons (Fsp3) is 0.692. The molecule has 0 aliphatic rings. The first kappa shape index (κ1) is 15.9. The molecule has 0 aliphatic heterocycles. The van der Waals surface area contributed by atoms with Crippen LogP contribution in [0.25, 0.3) is 0 Å². The van der Waals surface area contributed by atoms with Crippen LogP contribution in [0.5, 0.6) is 0 Å². The number of thiophene rings is 1. The highest BCUT2D eigenvalue weighted by molar-refractivity contribution is 7.16. The van der Waals surface area contributed by atoms with Crippen LogP contribution in [0, 0.1) is 0 Å². The molecule has 0 atom stereocenters. The van der Waals surface area contributed by atoms with Crippen molar-refractivity contribution in [1.29, 1.82) is 0 Å². The molecule has 0 saturated carbocycles. The van der Waals surface area contributed by atoms with Crippen LogP contribution < -0.4 is 5.32 Å². The van der Waals surface area contributed by atoms with Gasteiger partial charge in [-0.2, -0.15) is 0 Å². The smallest absolute Gasteiger partial charge is 0.0931 e. The van der Waals surface area contributed by atoms with Gasteiger partial charge in [-0.1, -0.05) is 11.6 Å². The quantitative estimate of drug-likeness (QED) is 0.671. The lowest BCUT2D eigenvalue weighted by Gasteiger charge is -2.15. The molecule has 0 fully saturated rings. The van der Waals surface area contributed by atoms with Gasteiger partial charge < -0.3 is 15.0 Å². The van der Waals surface area contributed by atoms with Crippen molar-refractivity contribution in [2.75, 3.05) is 39.9 Å². The Labute approximate surface area is 119 Å². The maximum Gasteiger partial charge on any atom is 0.0931 e. The molecule has 1 heterocycles. The first-order chi connectivity index (χ1) is 8.72. The van der Waals surface area contributed by atoms with E-state index in [1.54, 1.807) is 11.3 Å². The van der Waals surface area contributed by atoms with Crippen molar-refractivity contribution in [3.63, 3.8) is 0 Å². The van der Waals surface area contributed by atoms with E-state index < -0.39 is 0 Å². The fourth-order valence-electron chi connectivity index (χ4n) is 1.62. The Kier molecular flexibility index (Phi) is 8.63. The summed E-state index contributed by atoms with van der Waals surface area (Å²) in [4.78, 5) is 3.62. The SMILES string of the molecule is CCOCCCNCCN(C)Cc1ccc(Cl)s1. The van der Waals surface area contributed by atoms with Crippen molar-refractivity contribution in [2.45, 2.75) is 19.9 Å². The van der Waals surface area contributed by atoms with Crippen molar-refractivity contribution in [1.82, 2.24) is 10.2 Å². The van der Waals surface area contributed by atoms with E-state index in [0.717, 1.165) is 50.1 Å². The number of nitrogens with zero attached hydrogens (tertiary/aromatic N) is 1. The van der Waals surface area contributed by atoms with Crippen molar-refractivity contribution in [3.8, 4) is 0 Å². The molecule has 3 nitrogen and oxygen atoms in total. The summed E-state index contributed by atoms with van der Waals surface area (Å²) in [6.45, 7) is 7.75. The normalized spacial score (nSPS) is 11.3. The molecule has 5 heteroatoms. The Morgan fingerprint density at radius 1 is 1.39 bits per heavy atom. The van der Waals surface area contributed by atoms with Crippen LogP contribution in [-0.4, -0.2) is 44.8 Å². The second kappa shape index (κ2) is 9.75. The molecule has 0 aliphatic carbocycles. The van der Waals surface area contributed by atoms with Crippen molar-refractivity contribution >= 4 is 22.9 Å². The third-order valence-electron chi connectivity index (χ3n) is 2.57. The summed E-state index contributed by atoms with van der Waals surface area (Å²) in [6, 6.07) is 4.06. The number of hydrogen-bond donors (Lipinski definition) is 1. The molecule has 0 bridgehead atoms. The second-order valence-corrected chi connectivity index (χ2v) is 6.04. The molecule has 1 aromatic rings. The van der Waals surface area contributed by atoms with Crippen LogP contribution in [0.3, 0.4) is 0 Å². The number of likely N-dealkylation sites (N-methyl/N-ethyl adjacent to an activating group) is 1. The summed E-state index contributed by atoms with van der Waals surface area (Å²) < 4.78 is 6.15. The van der Waals surface area contributed by atoms with E-state index in [-0.39, 0.29) is 0 Å². The summed E-state index contributed by atoms with van der Waals surface area (Å²) >= 11 is 7.56. The molecule has 104 valence electrons. The predicted molar refractivity (Wildman–Crippen MR) is 79.6 cm³/mol. The van der Waals surface area contributed by atoms with E-state index in [9.17, 15) is 0 Å². The monoisotopic (exact) mass is 290 g/mol. The third-order valence-corrected chi connectivity index (χ3v) is 3.79. The minimum atomic E-state index is 0.812. The van der Waals surface area contributed by atoms with Gasteiger partial charge in [0.1, 0.15) is 0 Å². The Morgan fingerprint density at radius 3 is 2.89 bits per heavy atom. The van der Waals surface area contributed by atoms with Crippen LogP contribution in [0.1, 0.15) is 18.2 Å². The molecule has 0 amide bonds. The minimum Gasteiger partial charge on any atom is -0.382 e. The van der Waals surface area contributed by atoms with E-state index >= 15 is 0 Å². The van der Waals surface area contributed by atoms with Gasteiger partial charge in [0.2, 0.25) is 0 Å². The summed E-state index contributed by atoms with van der Waals surface area (Å²) in [6.07, 6.45) is 1.08. The van der Waals surface area contributed by atoms with Gasteiger partial charge in [0.25, 0.3) is 0 Å². The van der Waals surface area contributed by atoms with Gasteiger partial charge in [-0.15, -0.1) is 11.3 Å². The van der Waals surface area contributed by atoms with Crippen LogP contribution in [-0.2, 0) is 11.3 Å². The fourth-order valence-corrected chi connectivity index (χ4v) is 2.79. The highest BCUT2D eigenvalue weighted by atomic mass is 35.5. The largest absolute Gasteiger partial charge is 0.382 e. The number of ether oxygens (including phenoxy) is 1. The van der Waals surface area contributed by atoms with Gasteiger partial charge >= 0.3 is 0 Å². The lowest BCUT2D eigenvalue weighted by atomic mass is 10.4. The van der Waals surface area contributed by atoms with Gasteiger partial charge in [-0.05, 0) is 39.1 Å². The zero-order valence-electron chi connectivity index (χ0n) is 11.2. The lowest BCUT2D eigenvalue weighted by molar-refractivity contribution is 0.144. The van der Waals surface area contributed by atoms with Gasteiger partial charge in [0.15, 0.2) is 0 Å². The van der Waals surface area contributed by atoms with E-state index in [1.807, 2.05) is 13.0 Å². The highest BCUT2D eigenvalue weighted by Gasteiger charge is 2.02. The topological polar surface area (TPSA) is 24.5 Å². The molecule has 0 radical (unpaired) electrons. The predicted octanol–water partition coefficient (Wildman–Crippen LogP) is 2.85. The number of halogens is 1. The van der Waals surface area contributed by atoms with E-state index in [1.165, 1.54) is 4.88 Å². The molecular formula is C13H23ClN2OS. The average molecular weight is 291 g/mol. The van der Waals surface area contributed by atoms with E-state index in [4.69, 9.17) is 16.3 Å². The first-order valence-electron chi connectivity index (χ1n) is 6.43. The van der Waals surface area contributed by atoms with Crippen LogP contribution in [0.2, 0.25) is 4.34 Å². The van der Waals surface area contributed by atoms with E-state index in [0.29, 0.717) is 0 Å². The number of rotatable bonds is 10. The zero-order valence-corrected chi connectivity index (χ0v) is 12.8. The molecular weight excluding hydrogens is 268 g/mol. The Balaban J connectivity index is 1.98. The van der Waals surface area contributed by atoms with Gasteiger partial charge in [0.05, 0.1) is 4.34 Å². The Bertz CT molecular complexity index is 320. The number of nitrogens with one attached hydrogen (secondary N) is 1. The summed E-state index contributed by atoms with van der Waals surface area (Å²) in [5.74, 6) is 0. The van der Waals surface area contributed by atoms with Crippen molar-refractivity contribution < 1.29 is 4.74 Å². The molecule has 0 aromatic carbocycles. The summed E-state index contributed by atoms with van der Waals surface area (Å²) in [5, 5.41) is 3.42. The molecule has 1 N–H and O–H groups in total. The summed E-state index contributed by atoms with van der Waals surface area (Å²) in [5.41, 5.74) is 0. The van der Waals surface area contributed by atoms with E-state index in [2.05, 4.69) is 23.3 Å². The molecule has 0 spiro atoms. The maximum atomic E-state index is 5.91.